The minimum absolute atomic E-state index is 0.152. The van der Waals surface area contributed by atoms with Crippen molar-refractivity contribution in [2.75, 3.05) is 56.1 Å². The molecule has 0 spiro atoms. The van der Waals surface area contributed by atoms with Gasteiger partial charge in [0, 0.05) is 45.0 Å². The van der Waals surface area contributed by atoms with Gasteiger partial charge in [0.05, 0.1) is 24.1 Å². The lowest BCUT2D eigenvalue weighted by atomic mass is 10.2. The second kappa shape index (κ2) is 9.76. The number of urea groups is 2. The van der Waals surface area contributed by atoms with E-state index < -0.39 is 6.23 Å². The molecule has 1 atom stereocenters. The highest BCUT2D eigenvalue weighted by molar-refractivity contribution is 5.95. The van der Waals surface area contributed by atoms with Gasteiger partial charge in [-0.15, -0.1) is 0 Å². The summed E-state index contributed by atoms with van der Waals surface area (Å²) in [5.74, 6) is 0.683. The lowest BCUT2D eigenvalue weighted by Gasteiger charge is -2.38. The van der Waals surface area contributed by atoms with E-state index in [0.29, 0.717) is 31.1 Å². The number of anilines is 2. The topological polar surface area (TPSA) is 93.3 Å². The van der Waals surface area contributed by atoms with Gasteiger partial charge in [0.2, 0.25) is 0 Å². The van der Waals surface area contributed by atoms with Gasteiger partial charge in [0.15, 0.2) is 6.23 Å². The van der Waals surface area contributed by atoms with Gasteiger partial charge in [0.25, 0.3) is 0 Å². The molecule has 0 saturated carbocycles. The Hall–Kier alpha value is -3.53. The number of carbonyl (C=O) groups is 2. The molecule has 2 N–H and O–H groups in total. The Bertz CT molecular complexity index is 1020. The van der Waals surface area contributed by atoms with Crippen molar-refractivity contribution in [1.29, 1.82) is 0 Å². The van der Waals surface area contributed by atoms with E-state index in [4.69, 9.17) is 4.74 Å². The third-order valence-electron chi connectivity index (χ3n) is 6.55. The zero-order valence-corrected chi connectivity index (χ0v) is 19.4. The second-order valence-corrected chi connectivity index (χ2v) is 8.92. The minimum Gasteiger partial charge on any atom is -0.466 e. The zero-order chi connectivity index (χ0) is 23.5. The first-order valence-electron chi connectivity index (χ1n) is 11.9. The third kappa shape index (κ3) is 4.72. The molecule has 1 aromatic carbocycles. The number of amides is 4. The fraction of sp³-hybridized carbons (Fsp3) is 0.458. The molecular weight excluding hydrogens is 434 g/mol. The van der Waals surface area contributed by atoms with E-state index in [1.807, 2.05) is 53.1 Å². The van der Waals surface area contributed by atoms with Crippen LogP contribution in [0.3, 0.4) is 0 Å². The Morgan fingerprint density at radius 1 is 1.00 bits per heavy atom. The van der Waals surface area contributed by atoms with E-state index in [1.54, 1.807) is 11.1 Å². The number of hydrogen-bond donors (Lipinski definition) is 2. The molecule has 0 radical (unpaired) electrons. The van der Waals surface area contributed by atoms with Crippen molar-refractivity contribution in [2.24, 2.45) is 0 Å². The number of benzene rings is 1. The van der Waals surface area contributed by atoms with Crippen LogP contribution in [-0.2, 0) is 0 Å². The lowest BCUT2D eigenvalue weighted by molar-refractivity contribution is 0.0913. The number of para-hydroxylation sites is 2. The van der Waals surface area contributed by atoms with Crippen molar-refractivity contribution in [1.82, 2.24) is 25.1 Å². The SMILES string of the molecule is Cc1ccc(NNC(=O)N2c3ccccc3OC2CN2CCN(C(=O)N3CCCC3)CC2)cn1. The average Bonchev–Trinajstić information content (AvgIpc) is 3.52. The maximum Gasteiger partial charge on any atom is 0.343 e. The normalized spacial score (nSPS) is 20.1. The van der Waals surface area contributed by atoms with Gasteiger partial charge in [0.1, 0.15) is 5.75 Å². The van der Waals surface area contributed by atoms with E-state index in [2.05, 4.69) is 20.7 Å². The predicted molar refractivity (Wildman–Crippen MR) is 129 cm³/mol. The van der Waals surface area contributed by atoms with Crippen LogP contribution in [0, 0.1) is 6.92 Å². The summed E-state index contributed by atoms with van der Waals surface area (Å²) in [6.07, 6.45) is 3.40. The van der Waals surface area contributed by atoms with Crippen LogP contribution in [0.4, 0.5) is 21.0 Å². The number of ether oxygens (including phenoxy) is 1. The molecule has 2 saturated heterocycles. The summed E-state index contributed by atoms with van der Waals surface area (Å²) in [7, 11) is 0. The van der Waals surface area contributed by atoms with E-state index in [9.17, 15) is 9.59 Å². The number of fused-ring (bicyclic) bond motifs is 1. The summed E-state index contributed by atoms with van der Waals surface area (Å²) in [6.45, 7) is 7.06. The number of hydrogen-bond acceptors (Lipinski definition) is 6. The summed E-state index contributed by atoms with van der Waals surface area (Å²) in [4.78, 5) is 37.9. The molecule has 3 aliphatic heterocycles. The number of nitrogens with one attached hydrogen (secondary N) is 2. The molecule has 34 heavy (non-hydrogen) atoms. The summed E-state index contributed by atoms with van der Waals surface area (Å²) in [6, 6.07) is 11.1. The third-order valence-corrected chi connectivity index (χ3v) is 6.55. The number of carbonyl (C=O) groups excluding carboxylic acids is 2. The van der Waals surface area contributed by atoms with Gasteiger partial charge >= 0.3 is 12.1 Å². The first kappa shape index (κ1) is 22.3. The zero-order valence-electron chi connectivity index (χ0n) is 19.4. The van der Waals surface area contributed by atoms with Crippen LogP contribution in [0.15, 0.2) is 42.6 Å². The van der Waals surface area contributed by atoms with E-state index in [-0.39, 0.29) is 12.1 Å². The Kier molecular flexibility index (Phi) is 6.39. The number of likely N-dealkylation sites (tertiary alicyclic amines) is 1. The van der Waals surface area contributed by atoms with E-state index in [0.717, 1.165) is 50.4 Å². The van der Waals surface area contributed by atoms with Crippen LogP contribution < -0.4 is 20.5 Å². The number of pyridine rings is 1. The summed E-state index contributed by atoms with van der Waals surface area (Å²) >= 11 is 0. The summed E-state index contributed by atoms with van der Waals surface area (Å²) in [5.41, 5.74) is 8.02. The Labute approximate surface area is 199 Å². The molecule has 0 bridgehead atoms. The van der Waals surface area contributed by atoms with Crippen LogP contribution in [-0.4, -0.2) is 83.8 Å². The van der Waals surface area contributed by atoms with Crippen molar-refractivity contribution in [3.8, 4) is 5.75 Å². The number of aromatic nitrogens is 1. The molecule has 1 unspecified atom stereocenters. The van der Waals surface area contributed by atoms with Crippen LogP contribution in [0.1, 0.15) is 18.5 Å². The van der Waals surface area contributed by atoms with Crippen molar-refractivity contribution in [2.45, 2.75) is 26.0 Å². The minimum atomic E-state index is -0.462. The molecule has 10 heteroatoms. The molecule has 2 aromatic rings. The van der Waals surface area contributed by atoms with E-state index >= 15 is 0 Å². The van der Waals surface area contributed by atoms with Crippen molar-refractivity contribution in [3.63, 3.8) is 0 Å². The number of aryl methyl sites for hydroxylation is 1. The maximum absolute atomic E-state index is 13.2. The van der Waals surface area contributed by atoms with E-state index in [1.165, 1.54) is 0 Å². The molecule has 4 amide bonds. The lowest BCUT2D eigenvalue weighted by Crippen LogP contribution is -2.56. The Morgan fingerprint density at radius 3 is 2.47 bits per heavy atom. The molecule has 3 aliphatic rings. The monoisotopic (exact) mass is 465 g/mol. The maximum atomic E-state index is 13.2. The Morgan fingerprint density at radius 2 is 1.74 bits per heavy atom. The highest BCUT2D eigenvalue weighted by Gasteiger charge is 2.37. The largest absolute Gasteiger partial charge is 0.466 e. The number of hydrazine groups is 1. The van der Waals surface area contributed by atoms with Gasteiger partial charge in [-0.3, -0.25) is 25.6 Å². The second-order valence-electron chi connectivity index (χ2n) is 8.92. The number of rotatable bonds is 4. The molecule has 10 nitrogen and oxygen atoms in total. The van der Waals surface area contributed by atoms with Crippen molar-refractivity contribution in [3.05, 3.63) is 48.3 Å². The number of nitrogens with zero attached hydrogens (tertiary/aromatic N) is 5. The van der Waals surface area contributed by atoms with Gasteiger partial charge in [-0.25, -0.2) is 9.59 Å². The first-order chi connectivity index (χ1) is 16.6. The highest BCUT2D eigenvalue weighted by atomic mass is 16.5. The number of piperazine rings is 1. The predicted octanol–water partition coefficient (Wildman–Crippen LogP) is 2.49. The fourth-order valence-electron chi connectivity index (χ4n) is 4.65. The molecular formula is C24H31N7O3. The smallest absolute Gasteiger partial charge is 0.343 e. The molecule has 2 fully saturated rings. The Balaban J connectivity index is 1.20. The quantitative estimate of drug-likeness (QED) is 0.674. The first-order valence-corrected chi connectivity index (χ1v) is 11.9. The summed E-state index contributed by atoms with van der Waals surface area (Å²) < 4.78 is 6.16. The van der Waals surface area contributed by atoms with Crippen LogP contribution in [0.2, 0.25) is 0 Å². The van der Waals surface area contributed by atoms with Gasteiger partial charge < -0.3 is 14.5 Å². The van der Waals surface area contributed by atoms with Crippen LogP contribution >= 0.6 is 0 Å². The summed E-state index contributed by atoms with van der Waals surface area (Å²) in [5, 5.41) is 0. The van der Waals surface area contributed by atoms with Gasteiger partial charge in [-0.1, -0.05) is 12.1 Å². The molecule has 1 aromatic heterocycles. The molecule has 5 rings (SSSR count). The average molecular weight is 466 g/mol. The molecule has 180 valence electrons. The highest BCUT2D eigenvalue weighted by Crippen LogP contribution is 2.37. The van der Waals surface area contributed by atoms with Gasteiger partial charge in [-0.2, -0.15) is 0 Å². The standard InChI is InChI=1S/C24H31N7O3/c1-18-8-9-19(16-25-18)26-27-23(32)31-20-6-2-3-7-21(20)34-22(31)17-28-12-14-30(15-13-28)24(33)29-10-4-5-11-29/h2-3,6-9,16,22,26H,4-5,10-15,17H2,1H3,(H,27,32). The van der Waals surface area contributed by atoms with Crippen molar-refractivity contribution >= 4 is 23.4 Å². The molecule has 0 aliphatic carbocycles. The van der Waals surface area contributed by atoms with Gasteiger partial charge in [-0.05, 0) is 44.0 Å². The van der Waals surface area contributed by atoms with Crippen LogP contribution in [0.5, 0.6) is 5.75 Å². The van der Waals surface area contributed by atoms with Crippen LogP contribution in [0.25, 0.3) is 0 Å². The van der Waals surface area contributed by atoms with Crippen molar-refractivity contribution < 1.29 is 14.3 Å². The molecule has 4 heterocycles. The fourth-order valence-corrected chi connectivity index (χ4v) is 4.65.